The number of ether oxygens (including phenoxy) is 1. The van der Waals surface area contributed by atoms with Crippen molar-refractivity contribution < 1.29 is 19.4 Å². The molecular formula is C15H28N2O4. The number of aliphatic carboxylic acids is 1. The number of hydrogen-bond donors (Lipinski definition) is 2. The molecule has 2 amide bonds. The van der Waals surface area contributed by atoms with E-state index in [2.05, 4.69) is 12.2 Å². The van der Waals surface area contributed by atoms with E-state index in [0.717, 1.165) is 12.8 Å². The zero-order valence-electron chi connectivity index (χ0n) is 13.4. The lowest BCUT2D eigenvalue weighted by atomic mass is 9.84. The maximum absolute atomic E-state index is 12.2. The molecular weight excluding hydrogens is 272 g/mol. The highest BCUT2D eigenvalue weighted by atomic mass is 16.5. The summed E-state index contributed by atoms with van der Waals surface area (Å²) in [6, 6.07) is 0.109. The summed E-state index contributed by atoms with van der Waals surface area (Å²) in [7, 11) is 0. The summed E-state index contributed by atoms with van der Waals surface area (Å²) in [6.07, 6.45) is 2.44. The first kappa shape index (κ1) is 17.8. The average molecular weight is 300 g/mol. The number of carboxylic acid groups (broad SMARTS) is 1. The Morgan fingerprint density at radius 1 is 1.38 bits per heavy atom. The standard InChI is InChI=1S/C15H28N2O4/c1-4-12-11-21-10-9-17(12)14(20)16-8-7-15(2,3)6-5-13(18)19/h12H,4-11H2,1-3H3,(H,16,20)(H,18,19). The molecule has 0 aliphatic carbocycles. The van der Waals surface area contributed by atoms with Gasteiger partial charge < -0.3 is 20.1 Å². The fourth-order valence-corrected chi connectivity index (χ4v) is 2.44. The van der Waals surface area contributed by atoms with E-state index in [4.69, 9.17) is 9.84 Å². The van der Waals surface area contributed by atoms with Crippen molar-refractivity contribution in [2.75, 3.05) is 26.3 Å². The van der Waals surface area contributed by atoms with Crippen molar-refractivity contribution in [1.29, 1.82) is 0 Å². The van der Waals surface area contributed by atoms with E-state index in [-0.39, 0.29) is 23.9 Å². The predicted octanol–water partition coefficient (Wildman–Crippen LogP) is 2.09. The minimum absolute atomic E-state index is 0.0424. The van der Waals surface area contributed by atoms with Crippen LogP contribution in [0.3, 0.4) is 0 Å². The SMILES string of the molecule is CCC1COCCN1C(=O)NCCC(C)(C)CCC(=O)O. The average Bonchev–Trinajstić information content (AvgIpc) is 2.45. The molecule has 1 unspecified atom stereocenters. The molecule has 6 nitrogen and oxygen atoms in total. The van der Waals surface area contributed by atoms with E-state index in [9.17, 15) is 9.59 Å². The highest BCUT2D eigenvalue weighted by molar-refractivity contribution is 5.74. The summed E-state index contributed by atoms with van der Waals surface area (Å²) in [5.74, 6) is -0.772. The van der Waals surface area contributed by atoms with Gasteiger partial charge in [0.25, 0.3) is 0 Å². The highest BCUT2D eigenvalue weighted by Crippen LogP contribution is 2.26. The Morgan fingerprint density at radius 3 is 2.71 bits per heavy atom. The van der Waals surface area contributed by atoms with Gasteiger partial charge in [-0.25, -0.2) is 4.79 Å². The van der Waals surface area contributed by atoms with Gasteiger partial charge in [0.05, 0.1) is 19.3 Å². The van der Waals surface area contributed by atoms with Gasteiger partial charge in [-0.3, -0.25) is 4.79 Å². The minimum Gasteiger partial charge on any atom is -0.481 e. The molecule has 1 fully saturated rings. The highest BCUT2D eigenvalue weighted by Gasteiger charge is 2.26. The van der Waals surface area contributed by atoms with Crippen LogP contribution in [-0.2, 0) is 9.53 Å². The fourth-order valence-electron chi connectivity index (χ4n) is 2.44. The zero-order valence-corrected chi connectivity index (χ0v) is 13.4. The van der Waals surface area contributed by atoms with Crippen LogP contribution in [0.15, 0.2) is 0 Å². The number of hydrogen-bond acceptors (Lipinski definition) is 3. The van der Waals surface area contributed by atoms with Gasteiger partial charge in [0, 0.05) is 19.5 Å². The van der Waals surface area contributed by atoms with Crippen LogP contribution in [0.4, 0.5) is 4.79 Å². The summed E-state index contributed by atoms with van der Waals surface area (Å²) in [5, 5.41) is 11.7. The van der Waals surface area contributed by atoms with Gasteiger partial charge in [0.1, 0.15) is 0 Å². The number of carbonyl (C=O) groups is 2. The number of carboxylic acids is 1. The zero-order chi connectivity index (χ0) is 15.9. The molecule has 0 radical (unpaired) electrons. The smallest absolute Gasteiger partial charge is 0.317 e. The lowest BCUT2D eigenvalue weighted by Crippen LogP contribution is -2.52. The monoisotopic (exact) mass is 300 g/mol. The van der Waals surface area contributed by atoms with Crippen LogP contribution in [-0.4, -0.2) is 54.4 Å². The topological polar surface area (TPSA) is 78.9 Å². The maximum Gasteiger partial charge on any atom is 0.317 e. The lowest BCUT2D eigenvalue weighted by molar-refractivity contribution is -0.137. The van der Waals surface area contributed by atoms with Gasteiger partial charge in [-0.05, 0) is 24.7 Å². The fraction of sp³-hybridized carbons (Fsp3) is 0.867. The first-order valence-electron chi connectivity index (χ1n) is 7.70. The number of amides is 2. The predicted molar refractivity (Wildman–Crippen MR) is 80.3 cm³/mol. The maximum atomic E-state index is 12.2. The molecule has 21 heavy (non-hydrogen) atoms. The second kappa shape index (κ2) is 8.22. The number of nitrogens with one attached hydrogen (secondary N) is 1. The molecule has 0 spiro atoms. The summed E-state index contributed by atoms with van der Waals surface area (Å²) >= 11 is 0. The normalized spacial score (nSPS) is 19.4. The van der Waals surface area contributed by atoms with Gasteiger partial charge in [0.15, 0.2) is 0 Å². The van der Waals surface area contributed by atoms with Gasteiger partial charge in [-0.2, -0.15) is 0 Å². The van der Waals surface area contributed by atoms with Crippen molar-refractivity contribution in [3.05, 3.63) is 0 Å². The van der Waals surface area contributed by atoms with Gasteiger partial charge in [-0.15, -0.1) is 0 Å². The Morgan fingerprint density at radius 2 is 2.10 bits per heavy atom. The number of rotatable bonds is 7. The van der Waals surface area contributed by atoms with Crippen LogP contribution in [0.25, 0.3) is 0 Å². The Hall–Kier alpha value is -1.30. The Balaban J connectivity index is 2.33. The lowest BCUT2D eigenvalue weighted by Gasteiger charge is -2.35. The van der Waals surface area contributed by atoms with E-state index < -0.39 is 5.97 Å². The van der Waals surface area contributed by atoms with Crippen LogP contribution in [0.1, 0.15) is 46.5 Å². The van der Waals surface area contributed by atoms with Crippen molar-refractivity contribution in [1.82, 2.24) is 10.2 Å². The van der Waals surface area contributed by atoms with E-state index in [1.54, 1.807) is 0 Å². The van der Waals surface area contributed by atoms with Crippen molar-refractivity contribution >= 4 is 12.0 Å². The molecule has 0 saturated carbocycles. The molecule has 1 saturated heterocycles. The van der Waals surface area contributed by atoms with Crippen molar-refractivity contribution in [2.24, 2.45) is 5.41 Å². The molecule has 1 atom stereocenters. The molecule has 1 heterocycles. The Labute approximate surface area is 126 Å². The van der Waals surface area contributed by atoms with Gasteiger partial charge in [-0.1, -0.05) is 20.8 Å². The van der Waals surface area contributed by atoms with E-state index in [0.29, 0.717) is 32.7 Å². The number of nitrogens with zero attached hydrogens (tertiary/aromatic N) is 1. The summed E-state index contributed by atoms with van der Waals surface area (Å²) in [6.45, 7) is 8.51. The first-order valence-corrected chi connectivity index (χ1v) is 7.70. The van der Waals surface area contributed by atoms with E-state index in [1.165, 1.54) is 0 Å². The molecule has 1 aliphatic rings. The third-order valence-corrected chi connectivity index (χ3v) is 4.05. The molecule has 0 aromatic heterocycles. The molecule has 2 N–H and O–H groups in total. The first-order chi connectivity index (χ1) is 9.85. The Kier molecular flexibility index (Phi) is 6.95. The molecule has 0 aromatic rings. The van der Waals surface area contributed by atoms with Crippen molar-refractivity contribution in [3.63, 3.8) is 0 Å². The number of urea groups is 1. The molecule has 0 bridgehead atoms. The van der Waals surface area contributed by atoms with Crippen LogP contribution >= 0.6 is 0 Å². The van der Waals surface area contributed by atoms with Crippen LogP contribution < -0.4 is 5.32 Å². The number of morpholine rings is 1. The second-order valence-electron chi connectivity index (χ2n) is 6.37. The van der Waals surface area contributed by atoms with Crippen molar-refractivity contribution in [2.45, 2.75) is 52.5 Å². The summed E-state index contributed by atoms with van der Waals surface area (Å²) in [4.78, 5) is 24.6. The molecule has 1 aliphatic heterocycles. The van der Waals surface area contributed by atoms with Crippen molar-refractivity contribution in [3.8, 4) is 0 Å². The second-order valence-corrected chi connectivity index (χ2v) is 6.37. The third kappa shape index (κ3) is 6.33. The minimum atomic E-state index is -0.772. The van der Waals surface area contributed by atoms with Crippen LogP contribution in [0, 0.1) is 5.41 Å². The molecule has 6 heteroatoms. The Bertz CT molecular complexity index is 358. The van der Waals surface area contributed by atoms with E-state index >= 15 is 0 Å². The van der Waals surface area contributed by atoms with Crippen LogP contribution in [0.2, 0.25) is 0 Å². The van der Waals surface area contributed by atoms with E-state index in [1.807, 2.05) is 18.7 Å². The van der Waals surface area contributed by atoms with Gasteiger partial charge >= 0.3 is 12.0 Å². The number of carbonyl (C=O) groups excluding carboxylic acids is 1. The van der Waals surface area contributed by atoms with Crippen LogP contribution in [0.5, 0.6) is 0 Å². The molecule has 122 valence electrons. The van der Waals surface area contributed by atoms with Gasteiger partial charge in [0.2, 0.25) is 0 Å². The largest absolute Gasteiger partial charge is 0.481 e. The summed E-state index contributed by atoms with van der Waals surface area (Å²) in [5.41, 5.74) is -0.0825. The third-order valence-electron chi connectivity index (χ3n) is 4.05. The molecule has 0 aromatic carbocycles. The summed E-state index contributed by atoms with van der Waals surface area (Å²) < 4.78 is 5.39. The molecule has 1 rings (SSSR count). The quantitative estimate of drug-likeness (QED) is 0.754.